The van der Waals surface area contributed by atoms with Crippen molar-refractivity contribution in [1.29, 1.82) is 0 Å². The van der Waals surface area contributed by atoms with E-state index >= 15 is 0 Å². The fourth-order valence-electron chi connectivity index (χ4n) is 4.27. The zero-order valence-electron chi connectivity index (χ0n) is 17.1. The Kier molecular flexibility index (Phi) is 6.67. The Bertz CT molecular complexity index is 790. The van der Waals surface area contributed by atoms with Crippen molar-refractivity contribution in [3.05, 3.63) is 60.2 Å². The largest absolute Gasteiger partial charge is 0.483 e. The van der Waals surface area contributed by atoms with Gasteiger partial charge in [0.1, 0.15) is 5.75 Å². The molecule has 154 valence electrons. The Morgan fingerprint density at radius 1 is 1.00 bits per heavy atom. The predicted octanol–water partition coefficient (Wildman–Crippen LogP) is 3.30. The third-order valence-corrected chi connectivity index (χ3v) is 5.94. The van der Waals surface area contributed by atoms with Gasteiger partial charge < -0.3 is 19.9 Å². The summed E-state index contributed by atoms with van der Waals surface area (Å²) in [6.07, 6.45) is 3.43. The highest BCUT2D eigenvalue weighted by molar-refractivity contribution is 5.78. The normalized spacial score (nSPS) is 19.0. The van der Waals surface area contributed by atoms with Gasteiger partial charge in [-0.25, -0.2) is 0 Å². The van der Waals surface area contributed by atoms with E-state index < -0.39 is 0 Å². The van der Waals surface area contributed by atoms with E-state index in [0.717, 1.165) is 63.4 Å². The topological polar surface area (TPSA) is 44.8 Å². The second kappa shape index (κ2) is 9.79. The molecule has 2 fully saturated rings. The van der Waals surface area contributed by atoms with E-state index in [9.17, 15) is 4.79 Å². The molecule has 2 aromatic rings. The molecule has 2 saturated heterocycles. The Balaban J connectivity index is 1.23. The molecule has 1 atom stereocenters. The number of benzene rings is 2. The van der Waals surface area contributed by atoms with Crippen molar-refractivity contribution in [2.24, 2.45) is 5.92 Å². The summed E-state index contributed by atoms with van der Waals surface area (Å²) in [4.78, 5) is 16.6. The lowest BCUT2D eigenvalue weighted by Crippen LogP contribution is -2.32. The van der Waals surface area contributed by atoms with Crippen LogP contribution in [0.4, 0.5) is 5.69 Å². The lowest BCUT2D eigenvalue weighted by atomic mass is 10.1. The predicted molar refractivity (Wildman–Crippen MR) is 116 cm³/mol. The van der Waals surface area contributed by atoms with E-state index in [2.05, 4.69) is 46.6 Å². The van der Waals surface area contributed by atoms with Gasteiger partial charge in [0, 0.05) is 50.5 Å². The van der Waals surface area contributed by atoms with E-state index in [1.165, 1.54) is 12.1 Å². The summed E-state index contributed by atoms with van der Waals surface area (Å²) in [5.74, 6) is 1.56. The van der Waals surface area contributed by atoms with Gasteiger partial charge >= 0.3 is 0 Å². The fourth-order valence-corrected chi connectivity index (χ4v) is 4.27. The summed E-state index contributed by atoms with van der Waals surface area (Å²) >= 11 is 0. The summed E-state index contributed by atoms with van der Waals surface area (Å²) in [6, 6.07) is 18.7. The fraction of sp³-hybridized carbons (Fsp3) is 0.458. The molecule has 0 saturated carbocycles. The molecule has 5 heteroatoms. The minimum absolute atomic E-state index is 0.0946. The van der Waals surface area contributed by atoms with Gasteiger partial charge in [-0.3, -0.25) is 4.79 Å². The SMILES string of the molecule is O=C(COc1ccccc1CNCC1CCN(c2ccccc2)C1)N1CCCC1. The molecule has 4 rings (SSSR count). The number of anilines is 1. The molecule has 1 unspecified atom stereocenters. The van der Waals surface area contributed by atoms with Gasteiger partial charge in [0.05, 0.1) is 0 Å². The summed E-state index contributed by atoms with van der Waals surface area (Å²) < 4.78 is 5.87. The summed E-state index contributed by atoms with van der Waals surface area (Å²) in [6.45, 7) is 5.83. The zero-order chi connectivity index (χ0) is 19.9. The number of hydrogen-bond donors (Lipinski definition) is 1. The Hall–Kier alpha value is -2.53. The van der Waals surface area contributed by atoms with Crippen LogP contribution < -0.4 is 15.0 Å². The van der Waals surface area contributed by atoms with Gasteiger partial charge in [-0.05, 0) is 43.4 Å². The van der Waals surface area contributed by atoms with E-state index in [1.807, 2.05) is 23.1 Å². The molecule has 0 bridgehead atoms. The standard InChI is InChI=1S/C24H31N3O2/c28-24(26-13-6-7-14-26)19-29-23-11-5-4-8-21(23)17-25-16-20-12-15-27(18-20)22-9-2-1-3-10-22/h1-5,8-11,20,25H,6-7,12-19H2. The second-order valence-electron chi connectivity index (χ2n) is 8.05. The molecule has 0 aromatic heterocycles. The number of carbonyl (C=O) groups is 1. The zero-order valence-corrected chi connectivity index (χ0v) is 17.1. The number of hydrogen-bond acceptors (Lipinski definition) is 4. The number of carbonyl (C=O) groups excluding carboxylic acids is 1. The van der Waals surface area contributed by atoms with Crippen molar-refractivity contribution < 1.29 is 9.53 Å². The maximum absolute atomic E-state index is 12.2. The number of para-hydroxylation sites is 2. The Morgan fingerprint density at radius 2 is 1.76 bits per heavy atom. The van der Waals surface area contributed by atoms with Crippen LogP contribution in [0, 0.1) is 5.92 Å². The van der Waals surface area contributed by atoms with E-state index in [0.29, 0.717) is 5.92 Å². The average Bonchev–Trinajstić information content (AvgIpc) is 3.46. The first-order valence-electron chi connectivity index (χ1n) is 10.8. The number of nitrogens with zero attached hydrogens (tertiary/aromatic N) is 2. The molecular weight excluding hydrogens is 362 g/mol. The number of ether oxygens (including phenoxy) is 1. The minimum Gasteiger partial charge on any atom is -0.483 e. The van der Waals surface area contributed by atoms with Gasteiger partial charge in [0.15, 0.2) is 6.61 Å². The number of rotatable bonds is 8. The summed E-state index contributed by atoms with van der Waals surface area (Å²) in [5.41, 5.74) is 2.43. The van der Waals surface area contributed by atoms with Crippen LogP contribution in [-0.4, -0.2) is 50.1 Å². The third kappa shape index (κ3) is 5.30. The van der Waals surface area contributed by atoms with E-state index in [-0.39, 0.29) is 12.5 Å². The monoisotopic (exact) mass is 393 g/mol. The van der Waals surface area contributed by atoms with Crippen LogP contribution in [0.25, 0.3) is 0 Å². The van der Waals surface area contributed by atoms with Gasteiger partial charge in [0.2, 0.25) is 0 Å². The maximum Gasteiger partial charge on any atom is 0.260 e. The molecule has 1 amide bonds. The molecule has 0 aliphatic carbocycles. The highest BCUT2D eigenvalue weighted by Gasteiger charge is 2.22. The van der Waals surface area contributed by atoms with Gasteiger partial charge in [-0.15, -0.1) is 0 Å². The first-order valence-corrected chi connectivity index (χ1v) is 10.8. The molecule has 2 aromatic carbocycles. The first kappa shape index (κ1) is 19.8. The number of nitrogens with one attached hydrogen (secondary N) is 1. The highest BCUT2D eigenvalue weighted by Crippen LogP contribution is 2.23. The molecule has 2 heterocycles. The van der Waals surface area contributed by atoms with Crippen molar-refractivity contribution >= 4 is 11.6 Å². The first-order chi connectivity index (χ1) is 14.3. The average molecular weight is 394 g/mol. The lowest BCUT2D eigenvalue weighted by Gasteiger charge is -2.19. The van der Waals surface area contributed by atoms with E-state index in [1.54, 1.807) is 0 Å². The summed E-state index contributed by atoms with van der Waals surface area (Å²) in [7, 11) is 0. The lowest BCUT2D eigenvalue weighted by molar-refractivity contribution is -0.132. The van der Waals surface area contributed by atoms with E-state index in [4.69, 9.17) is 4.74 Å². The van der Waals surface area contributed by atoms with Crippen LogP contribution in [0.3, 0.4) is 0 Å². The molecule has 29 heavy (non-hydrogen) atoms. The molecular formula is C24H31N3O2. The van der Waals surface area contributed by atoms with Crippen molar-refractivity contribution in [2.75, 3.05) is 44.2 Å². The van der Waals surface area contributed by atoms with Crippen LogP contribution in [0.5, 0.6) is 5.75 Å². The molecule has 2 aliphatic rings. The van der Waals surface area contributed by atoms with Gasteiger partial charge in [-0.1, -0.05) is 36.4 Å². The molecule has 1 N–H and O–H groups in total. The van der Waals surface area contributed by atoms with Crippen molar-refractivity contribution in [3.63, 3.8) is 0 Å². The highest BCUT2D eigenvalue weighted by atomic mass is 16.5. The van der Waals surface area contributed by atoms with Crippen molar-refractivity contribution in [2.45, 2.75) is 25.8 Å². The molecule has 0 spiro atoms. The smallest absolute Gasteiger partial charge is 0.260 e. The number of amides is 1. The van der Waals surface area contributed by atoms with Crippen LogP contribution in [0.1, 0.15) is 24.8 Å². The van der Waals surface area contributed by atoms with Crippen molar-refractivity contribution in [1.82, 2.24) is 10.2 Å². The molecule has 5 nitrogen and oxygen atoms in total. The Labute approximate surface area is 173 Å². The van der Waals surface area contributed by atoms with Crippen LogP contribution in [0.15, 0.2) is 54.6 Å². The maximum atomic E-state index is 12.2. The number of likely N-dealkylation sites (tertiary alicyclic amines) is 1. The summed E-state index contributed by atoms with van der Waals surface area (Å²) in [5, 5.41) is 3.60. The third-order valence-electron chi connectivity index (χ3n) is 5.94. The van der Waals surface area contributed by atoms with Gasteiger partial charge in [-0.2, -0.15) is 0 Å². The minimum atomic E-state index is 0.0946. The van der Waals surface area contributed by atoms with Crippen LogP contribution in [0.2, 0.25) is 0 Å². The second-order valence-corrected chi connectivity index (χ2v) is 8.05. The quantitative estimate of drug-likeness (QED) is 0.747. The van der Waals surface area contributed by atoms with Crippen molar-refractivity contribution in [3.8, 4) is 5.75 Å². The Morgan fingerprint density at radius 3 is 2.59 bits per heavy atom. The van der Waals surface area contributed by atoms with Gasteiger partial charge in [0.25, 0.3) is 5.91 Å². The van der Waals surface area contributed by atoms with Crippen LogP contribution in [-0.2, 0) is 11.3 Å². The molecule has 2 aliphatic heterocycles. The molecule has 0 radical (unpaired) electrons. The van der Waals surface area contributed by atoms with Crippen LogP contribution >= 0.6 is 0 Å².